The molecule has 0 aliphatic rings. The Kier molecular flexibility index (Phi) is 3.22. The quantitative estimate of drug-likeness (QED) is 0.726. The van der Waals surface area contributed by atoms with Crippen molar-refractivity contribution in [1.29, 1.82) is 0 Å². The van der Waals surface area contributed by atoms with Crippen molar-refractivity contribution in [2.45, 2.75) is 31.3 Å². The van der Waals surface area contributed by atoms with E-state index in [1.54, 1.807) is 0 Å². The van der Waals surface area contributed by atoms with Crippen LogP contribution in [-0.2, 0) is 4.79 Å². The molecule has 84 valence electrons. The van der Waals surface area contributed by atoms with E-state index >= 15 is 0 Å². The van der Waals surface area contributed by atoms with Gasteiger partial charge in [-0.3, -0.25) is 4.79 Å². The number of hydrogen-bond acceptors (Lipinski definition) is 2. The smallest absolute Gasteiger partial charge is 0.380 e. The molecular weight excluding hydrogens is 218 g/mol. The molecule has 0 aliphatic heterocycles. The molecule has 0 unspecified atom stereocenters. The predicted octanol–water partition coefficient (Wildman–Crippen LogP) is 1.82. The molecule has 0 spiro atoms. The third-order valence-corrected chi connectivity index (χ3v) is 1.43. The zero-order chi connectivity index (χ0) is 11.8. The van der Waals surface area contributed by atoms with Gasteiger partial charge in [0.05, 0.1) is 6.42 Å². The third kappa shape index (κ3) is 3.17. The van der Waals surface area contributed by atoms with E-state index in [1.165, 1.54) is 0 Å². The van der Waals surface area contributed by atoms with E-state index in [2.05, 4.69) is 0 Å². The Morgan fingerprint density at radius 3 is 1.71 bits per heavy atom. The summed E-state index contributed by atoms with van der Waals surface area (Å²) >= 11 is 0. The monoisotopic (exact) mass is 224 g/mol. The van der Waals surface area contributed by atoms with Gasteiger partial charge in [-0.05, 0) is 6.92 Å². The van der Waals surface area contributed by atoms with Crippen LogP contribution in [0.4, 0.5) is 26.3 Å². The molecule has 0 fully saturated rings. The molecule has 1 N–H and O–H groups in total. The molecule has 8 heteroatoms. The van der Waals surface area contributed by atoms with Crippen LogP contribution in [0.5, 0.6) is 0 Å². The van der Waals surface area contributed by atoms with Gasteiger partial charge in [-0.25, -0.2) is 0 Å². The van der Waals surface area contributed by atoms with E-state index in [1.807, 2.05) is 0 Å². The SMILES string of the molecule is C[C@@](O)(CC(=O)C(F)(F)F)C(F)(F)F. The van der Waals surface area contributed by atoms with Gasteiger partial charge in [-0.1, -0.05) is 0 Å². The molecule has 0 amide bonds. The van der Waals surface area contributed by atoms with Crippen LogP contribution >= 0.6 is 0 Å². The molecule has 0 aliphatic carbocycles. The first-order valence-electron chi connectivity index (χ1n) is 3.27. The van der Waals surface area contributed by atoms with Gasteiger partial charge in [-0.15, -0.1) is 0 Å². The molecular formula is C6H6F6O2. The average molecular weight is 224 g/mol. The molecule has 0 heterocycles. The lowest BCUT2D eigenvalue weighted by Gasteiger charge is -2.25. The zero-order valence-electron chi connectivity index (χ0n) is 6.83. The zero-order valence-corrected chi connectivity index (χ0v) is 6.83. The lowest BCUT2D eigenvalue weighted by atomic mass is 9.99. The molecule has 0 saturated carbocycles. The normalized spacial score (nSPS) is 17.7. The fourth-order valence-corrected chi connectivity index (χ4v) is 0.513. The molecule has 0 aromatic heterocycles. The van der Waals surface area contributed by atoms with E-state index in [-0.39, 0.29) is 6.92 Å². The number of carbonyl (C=O) groups is 1. The van der Waals surface area contributed by atoms with Crippen molar-refractivity contribution < 1.29 is 36.2 Å². The van der Waals surface area contributed by atoms with Crippen molar-refractivity contribution in [3.05, 3.63) is 0 Å². The van der Waals surface area contributed by atoms with E-state index in [0.717, 1.165) is 0 Å². The van der Waals surface area contributed by atoms with Crippen LogP contribution < -0.4 is 0 Å². The molecule has 0 radical (unpaired) electrons. The number of hydrogen-bond donors (Lipinski definition) is 1. The molecule has 14 heavy (non-hydrogen) atoms. The highest BCUT2D eigenvalue weighted by Gasteiger charge is 2.54. The molecule has 0 saturated heterocycles. The van der Waals surface area contributed by atoms with E-state index in [0.29, 0.717) is 0 Å². The second-order valence-corrected chi connectivity index (χ2v) is 2.87. The minimum absolute atomic E-state index is 0.108. The topological polar surface area (TPSA) is 37.3 Å². The van der Waals surface area contributed by atoms with Gasteiger partial charge in [0.25, 0.3) is 0 Å². The summed E-state index contributed by atoms with van der Waals surface area (Å²) in [6.45, 7) is 0.108. The number of ketones is 1. The molecule has 1 atom stereocenters. The summed E-state index contributed by atoms with van der Waals surface area (Å²) in [4.78, 5) is 10.1. The first-order chi connectivity index (χ1) is 5.88. The van der Waals surface area contributed by atoms with Crippen LogP contribution in [0.15, 0.2) is 0 Å². The van der Waals surface area contributed by atoms with Gasteiger partial charge in [0, 0.05) is 0 Å². The Labute approximate surface area is 74.5 Å². The number of aliphatic hydroxyl groups is 1. The van der Waals surface area contributed by atoms with Crippen molar-refractivity contribution >= 4 is 5.78 Å². The van der Waals surface area contributed by atoms with Gasteiger partial charge in [0.1, 0.15) is 0 Å². The minimum atomic E-state index is -5.37. The van der Waals surface area contributed by atoms with Crippen LogP contribution in [-0.4, -0.2) is 28.8 Å². The molecule has 0 aromatic rings. The molecule has 0 bridgehead atoms. The lowest BCUT2D eigenvalue weighted by Crippen LogP contribution is -2.46. The maximum Gasteiger partial charge on any atom is 0.450 e. The largest absolute Gasteiger partial charge is 0.450 e. The molecule has 0 aromatic carbocycles. The van der Waals surface area contributed by atoms with Crippen LogP contribution in [0.2, 0.25) is 0 Å². The van der Waals surface area contributed by atoms with Gasteiger partial charge >= 0.3 is 12.4 Å². The van der Waals surface area contributed by atoms with Crippen molar-refractivity contribution in [3.63, 3.8) is 0 Å². The van der Waals surface area contributed by atoms with Crippen molar-refractivity contribution in [3.8, 4) is 0 Å². The lowest BCUT2D eigenvalue weighted by molar-refractivity contribution is -0.257. The summed E-state index contributed by atoms with van der Waals surface area (Å²) < 4.78 is 70.1. The van der Waals surface area contributed by atoms with Crippen molar-refractivity contribution in [2.75, 3.05) is 0 Å². The summed E-state index contributed by atoms with van der Waals surface area (Å²) in [5, 5.41) is 8.54. The first-order valence-corrected chi connectivity index (χ1v) is 3.27. The Bertz CT molecular complexity index is 225. The van der Waals surface area contributed by atoms with E-state index in [4.69, 9.17) is 5.11 Å². The summed E-state index contributed by atoms with van der Waals surface area (Å²) in [5.41, 5.74) is -3.65. The number of rotatable bonds is 2. The van der Waals surface area contributed by atoms with Gasteiger partial charge in [0.15, 0.2) is 5.60 Å². The van der Waals surface area contributed by atoms with Gasteiger partial charge < -0.3 is 5.11 Å². The van der Waals surface area contributed by atoms with Crippen LogP contribution in [0, 0.1) is 0 Å². The fourth-order valence-electron chi connectivity index (χ4n) is 0.513. The highest BCUT2D eigenvalue weighted by atomic mass is 19.4. The van der Waals surface area contributed by atoms with Crippen molar-refractivity contribution in [1.82, 2.24) is 0 Å². The summed E-state index contributed by atoms with van der Waals surface area (Å²) in [5.74, 6) is -2.61. The van der Waals surface area contributed by atoms with Gasteiger partial charge in [0.2, 0.25) is 5.78 Å². The van der Waals surface area contributed by atoms with E-state index < -0.39 is 30.2 Å². The number of alkyl halides is 6. The highest BCUT2D eigenvalue weighted by Crippen LogP contribution is 2.34. The van der Waals surface area contributed by atoms with Crippen molar-refractivity contribution in [2.24, 2.45) is 0 Å². The number of halogens is 6. The average Bonchev–Trinajstić information content (AvgIpc) is 1.80. The summed E-state index contributed by atoms with van der Waals surface area (Å²) in [6.07, 6.45) is -12.7. The Balaban J connectivity index is 4.62. The second kappa shape index (κ2) is 3.41. The number of Topliss-reactive ketones (excluding diaryl/α,β-unsaturated/α-hetero) is 1. The predicted molar refractivity (Wildman–Crippen MR) is 32.4 cm³/mol. The number of carbonyl (C=O) groups excluding carboxylic acids is 1. The highest BCUT2D eigenvalue weighted by molar-refractivity contribution is 5.84. The molecule has 2 nitrogen and oxygen atoms in total. The minimum Gasteiger partial charge on any atom is -0.380 e. The maximum atomic E-state index is 11.8. The van der Waals surface area contributed by atoms with Crippen LogP contribution in [0.25, 0.3) is 0 Å². The second-order valence-electron chi connectivity index (χ2n) is 2.87. The summed E-state index contributed by atoms with van der Waals surface area (Å²) in [7, 11) is 0. The van der Waals surface area contributed by atoms with Gasteiger partial charge in [-0.2, -0.15) is 26.3 Å². The Morgan fingerprint density at radius 1 is 1.14 bits per heavy atom. The Morgan fingerprint density at radius 2 is 1.50 bits per heavy atom. The molecule has 0 rings (SSSR count). The van der Waals surface area contributed by atoms with Crippen LogP contribution in [0.1, 0.15) is 13.3 Å². The van der Waals surface area contributed by atoms with E-state index in [9.17, 15) is 31.1 Å². The Hall–Kier alpha value is -0.790. The third-order valence-electron chi connectivity index (χ3n) is 1.43. The standard InChI is InChI=1S/C6H6F6O2/c1-4(14,6(10,11)12)2-3(13)5(7,8)9/h14H,2H2,1H3/t4-/m1/s1. The maximum absolute atomic E-state index is 11.8. The summed E-state index contributed by atoms with van der Waals surface area (Å²) in [6, 6.07) is 0. The first kappa shape index (κ1) is 13.2. The fraction of sp³-hybridized carbons (Fsp3) is 0.833. The van der Waals surface area contributed by atoms with Crippen LogP contribution in [0.3, 0.4) is 0 Å².